The summed E-state index contributed by atoms with van der Waals surface area (Å²) < 4.78 is 10.8. The van der Waals surface area contributed by atoms with Crippen LogP contribution in [0.25, 0.3) is 0 Å². The SMILES string of the molecule is CCOc1ccc(CN2CCCC2CC(O)c2ccco2)cc1. The molecule has 2 aromatic rings. The third-order valence-corrected chi connectivity index (χ3v) is 4.49. The first-order chi connectivity index (χ1) is 11.3. The number of likely N-dealkylation sites (tertiary alicyclic amines) is 1. The molecular weight excluding hydrogens is 290 g/mol. The summed E-state index contributed by atoms with van der Waals surface area (Å²) in [7, 11) is 0. The molecule has 1 fully saturated rings. The molecule has 1 aliphatic rings. The van der Waals surface area contributed by atoms with E-state index in [1.807, 2.05) is 31.2 Å². The first-order valence-corrected chi connectivity index (χ1v) is 8.43. The first-order valence-electron chi connectivity index (χ1n) is 8.43. The van der Waals surface area contributed by atoms with Crippen molar-refractivity contribution in [3.05, 3.63) is 54.0 Å². The van der Waals surface area contributed by atoms with Crippen molar-refractivity contribution in [2.24, 2.45) is 0 Å². The Morgan fingerprint density at radius 2 is 2.13 bits per heavy atom. The van der Waals surface area contributed by atoms with E-state index in [4.69, 9.17) is 9.15 Å². The van der Waals surface area contributed by atoms with Gasteiger partial charge in [0.05, 0.1) is 12.9 Å². The summed E-state index contributed by atoms with van der Waals surface area (Å²) in [6.45, 7) is 4.69. The quantitative estimate of drug-likeness (QED) is 0.845. The summed E-state index contributed by atoms with van der Waals surface area (Å²) in [5, 5.41) is 10.3. The number of rotatable bonds is 7. The van der Waals surface area contributed by atoms with E-state index in [0.29, 0.717) is 18.4 Å². The Bertz CT molecular complexity index is 579. The van der Waals surface area contributed by atoms with Gasteiger partial charge in [0, 0.05) is 12.6 Å². The Morgan fingerprint density at radius 1 is 1.30 bits per heavy atom. The van der Waals surface area contributed by atoms with Crippen molar-refractivity contribution < 1.29 is 14.3 Å². The molecule has 2 unspecified atom stereocenters. The van der Waals surface area contributed by atoms with Crippen LogP contribution in [0.15, 0.2) is 47.1 Å². The van der Waals surface area contributed by atoms with Crippen molar-refractivity contribution >= 4 is 0 Å². The molecule has 1 aromatic heterocycles. The van der Waals surface area contributed by atoms with Crippen LogP contribution in [0.1, 0.15) is 43.6 Å². The molecule has 2 heterocycles. The second-order valence-electron chi connectivity index (χ2n) is 6.11. The van der Waals surface area contributed by atoms with Crippen molar-refractivity contribution in [3.63, 3.8) is 0 Å². The maximum atomic E-state index is 10.3. The van der Waals surface area contributed by atoms with Gasteiger partial charge >= 0.3 is 0 Å². The molecule has 1 N–H and O–H groups in total. The largest absolute Gasteiger partial charge is 0.494 e. The minimum absolute atomic E-state index is 0.404. The number of hydrogen-bond acceptors (Lipinski definition) is 4. The number of benzene rings is 1. The highest BCUT2D eigenvalue weighted by atomic mass is 16.5. The number of aliphatic hydroxyl groups is 1. The molecule has 23 heavy (non-hydrogen) atoms. The normalized spacial score (nSPS) is 19.8. The summed E-state index contributed by atoms with van der Waals surface area (Å²) in [4.78, 5) is 2.46. The third-order valence-electron chi connectivity index (χ3n) is 4.49. The smallest absolute Gasteiger partial charge is 0.132 e. The van der Waals surface area contributed by atoms with Gasteiger partial charge in [0.1, 0.15) is 17.6 Å². The van der Waals surface area contributed by atoms with Crippen LogP contribution in [-0.2, 0) is 6.54 Å². The highest BCUT2D eigenvalue weighted by Crippen LogP contribution is 2.29. The van der Waals surface area contributed by atoms with Gasteiger partial charge in [-0.1, -0.05) is 12.1 Å². The van der Waals surface area contributed by atoms with E-state index in [2.05, 4.69) is 17.0 Å². The Balaban J connectivity index is 1.58. The minimum atomic E-state index is -0.518. The molecule has 124 valence electrons. The average molecular weight is 315 g/mol. The topological polar surface area (TPSA) is 45.8 Å². The Hall–Kier alpha value is -1.78. The van der Waals surface area contributed by atoms with Crippen LogP contribution in [0.5, 0.6) is 5.75 Å². The Kier molecular flexibility index (Phi) is 5.36. The summed E-state index contributed by atoms with van der Waals surface area (Å²) in [5.41, 5.74) is 1.29. The Morgan fingerprint density at radius 3 is 2.83 bits per heavy atom. The third kappa shape index (κ3) is 4.15. The van der Waals surface area contributed by atoms with E-state index in [1.165, 1.54) is 12.0 Å². The van der Waals surface area contributed by atoms with Gasteiger partial charge in [-0.25, -0.2) is 0 Å². The monoisotopic (exact) mass is 315 g/mol. The number of aliphatic hydroxyl groups excluding tert-OH is 1. The molecule has 2 atom stereocenters. The standard InChI is InChI=1S/C19H25NO3/c1-2-22-17-9-7-15(8-10-17)14-20-11-3-5-16(20)13-18(21)19-6-4-12-23-19/h4,6-10,12,16,18,21H,2-3,5,11,13-14H2,1H3. The lowest BCUT2D eigenvalue weighted by atomic mass is 10.0. The van der Waals surface area contributed by atoms with Crippen molar-refractivity contribution in [1.29, 1.82) is 0 Å². The van der Waals surface area contributed by atoms with Gasteiger partial charge < -0.3 is 14.3 Å². The maximum absolute atomic E-state index is 10.3. The van der Waals surface area contributed by atoms with Gasteiger partial charge in [0.2, 0.25) is 0 Å². The number of nitrogens with zero attached hydrogens (tertiary/aromatic N) is 1. The van der Waals surface area contributed by atoms with Crippen LogP contribution >= 0.6 is 0 Å². The molecule has 0 amide bonds. The molecule has 0 radical (unpaired) electrons. The van der Waals surface area contributed by atoms with E-state index in [9.17, 15) is 5.11 Å². The number of hydrogen-bond donors (Lipinski definition) is 1. The molecule has 1 aromatic carbocycles. The summed E-state index contributed by atoms with van der Waals surface area (Å²) >= 11 is 0. The molecule has 0 spiro atoms. The van der Waals surface area contributed by atoms with Crippen LogP contribution in [0.4, 0.5) is 0 Å². The van der Waals surface area contributed by atoms with Crippen molar-refractivity contribution in [1.82, 2.24) is 4.90 Å². The van der Waals surface area contributed by atoms with Crippen LogP contribution < -0.4 is 4.74 Å². The highest BCUT2D eigenvalue weighted by Gasteiger charge is 2.27. The molecule has 0 saturated carbocycles. The zero-order valence-corrected chi connectivity index (χ0v) is 13.6. The maximum Gasteiger partial charge on any atom is 0.132 e. The predicted octanol–water partition coefficient (Wildman–Crippen LogP) is 3.77. The van der Waals surface area contributed by atoms with Crippen molar-refractivity contribution in [3.8, 4) is 5.75 Å². The molecule has 0 aliphatic carbocycles. The lowest BCUT2D eigenvalue weighted by Gasteiger charge is -2.26. The van der Waals surface area contributed by atoms with Crippen LogP contribution in [-0.4, -0.2) is 29.2 Å². The number of furan rings is 1. The lowest BCUT2D eigenvalue weighted by Crippen LogP contribution is -2.30. The molecule has 1 aliphatic heterocycles. The summed E-state index contributed by atoms with van der Waals surface area (Å²) in [6, 6.07) is 12.4. The minimum Gasteiger partial charge on any atom is -0.494 e. The van der Waals surface area contributed by atoms with Gasteiger partial charge in [-0.15, -0.1) is 0 Å². The van der Waals surface area contributed by atoms with Crippen molar-refractivity contribution in [2.45, 2.75) is 44.9 Å². The second kappa shape index (κ2) is 7.66. The van der Waals surface area contributed by atoms with E-state index in [1.54, 1.807) is 6.26 Å². The number of ether oxygens (including phenoxy) is 1. The van der Waals surface area contributed by atoms with E-state index in [-0.39, 0.29) is 0 Å². The molecular formula is C19H25NO3. The fourth-order valence-corrected chi connectivity index (χ4v) is 3.32. The van der Waals surface area contributed by atoms with Crippen LogP contribution in [0.2, 0.25) is 0 Å². The Labute approximate surface area is 137 Å². The highest BCUT2D eigenvalue weighted by molar-refractivity contribution is 5.27. The van der Waals surface area contributed by atoms with Gasteiger partial charge in [-0.2, -0.15) is 0 Å². The van der Waals surface area contributed by atoms with Crippen LogP contribution in [0.3, 0.4) is 0 Å². The molecule has 4 heteroatoms. The van der Waals surface area contributed by atoms with Gasteiger partial charge in [-0.3, -0.25) is 4.90 Å². The summed E-state index contributed by atoms with van der Waals surface area (Å²) in [5.74, 6) is 1.58. The van der Waals surface area contributed by atoms with E-state index >= 15 is 0 Å². The fourth-order valence-electron chi connectivity index (χ4n) is 3.32. The van der Waals surface area contributed by atoms with E-state index < -0.39 is 6.10 Å². The fraction of sp³-hybridized carbons (Fsp3) is 0.474. The van der Waals surface area contributed by atoms with E-state index in [0.717, 1.165) is 31.7 Å². The zero-order valence-electron chi connectivity index (χ0n) is 13.6. The molecule has 3 rings (SSSR count). The first kappa shape index (κ1) is 16.1. The average Bonchev–Trinajstić information content (AvgIpc) is 3.22. The zero-order chi connectivity index (χ0) is 16.1. The molecule has 1 saturated heterocycles. The molecule has 0 bridgehead atoms. The molecule has 4 nitrogen and oxygen atoms in total. The van der Waals surface area contributed by atoms with Crippen LogP contribution in [0, 0.1) is 0 Å². The lowest BCUT2D eigenvalue weighted by molar-refractivity contribution is 0.0995. The van der Waals surface area contributed by atoms with Gasteiger partial charge in [0.25, 0.3) is 0 Å². The van der Waals surface area contributed by atoms with Gasteiger partial charge in [-0.05, 0) is 62.6 Å². The van der Waals surface area contributed by atoms with Crippen molar-refractivity contribution in [2.75, 3.05) is 13.2 Å². The predicted molar refractivity (Wildman–Crippen MR) is 89.3 cm³/mol. The summed E-state index contributed by atoms with van der Waals surface area (Å²) in [6.07, 6.45) is 4.15. The van der Waals surface area contributed by atoms with Gasteiger partial charge in [0.15, 0.2) is 0 Å². The second-order valence-corrected chi connectivity index (χ2v) is 6.11.